The lowest BCUT2D eigenvalue weighted by Gasteiger charge is -2.45. The summed E-state index contributed by atoms with van der Waals surface area (Å²) in [5.41, 5.74) is 23.0. The highest BCUT2D eigenvalue weighted by Gasteiger charge is 2.47. The molecule has 0 fully saturated rings. The molecule has 0 bridgehead atoms. The maximum atomic E-state index is 6.63. The van der Waals surface area contributed by atoms with Gasteiger partial charge in [0.15, 0.2) is 0 Å². The molecule has 0 saturated heterocycles. The SMILES string of the molecule is Cc1cc(C(C)(C)C)cc(C)c1N1c2cc(-c3cc4ccccc4o3)ccc2B2c3c1cc(C(C)C)cc3N(c1c(C)cc(C(C)(C)C)cc1C)c1sc3ccc(C(C)(C)C)cc3c12. The van der Waals surface area contributed by atoms with Crippen LogP contribution in [0.4, 0.5) is 33.4 Å². The fourth-order valence-corrected chi connectivity index (χ4v) is 11.8. The van der Waals surface area contributed by atoms with Gasteiger partial charge in [0, 0.05) is 32.7 Å². The standard InChI is InChI=1S/C59H63BN2OS/c1-33(2)40-29-47-53-48(30-40)62(55-36(5)26-43(27-37(55)6)59(13,14)15)56-52(44-32-41(57(7,8)9)21-23-51(44)64-56)60(53)45-22-20-39(50-31-38-18-16-17-19-49(38)63-50)28-46(45)61(47)54-34(3)24-42(25-35(54)4)58(10,11)12/h16-33H,1-15H3. The van der Waals surface area contributed by atoms with Gasteiger partial charge in [-0.1, -0.05) is 143 Å². The molecule has 0 N–H and O–H groups in total. The number of anilines is 6. The number of hydrogen-bond donors (Lipinski definition) is 0. The molecule has 4 heterocycles. The van der Waals surface area contributed by atoms with Crippen LogP contribution in [0, 0.1) is 27.7 Å². The van der Waals surface area contributed by atoms with Crippen LogP contribution in [0.2, 0.25) is 0 Å². The van der Waals surface area contributed by atoms with Gasteiger partial charge in [0.05, 0.1) is 16.4 Å². The van der Waals surface area contributed by atoms with E-state index in [2.05, 4.69) is 217 Å². The van der Waals surface area contributed by atoms with Gasteiger partial charge in [-0.25, -0.2) is 0 Å². The monoisotopic (exact) mass is 858 g/mol. The second-order valence-corrected chi connectivity index (χ2v) is 23.4. The van der Waals surface area contributed by atoms with Gasteiger partial charge in [-0.05, 0) is 153 Å². The summed E-state index contributed by atoms with van der Waals surface area (Å²) < 4.78 is 7.96. The van der Waals surface area contributed by atoms with E-state index < -0.39 is 0 Å². The summed E-state index contributed by atoms with van der Waals surface area (Å²) >= 11 is 1.96. The molecule has 5 heteroatoms. The average molecular weight is 859 g/mol. The number of benzene rings is 6. The molecule has 8 aromatic rings. The van der Waals surface area contributed by atoms with E-state index in [1.54, 1.807) is 0 Å². The van der Waals surface area contributed by atoms with Crippen LogP contribution in [0.5, 0.6) is 0 Å². The largest absolute Gasteiger partial charge is 0.456 e. The molecule has 0 aliphatic carbocycles. The van der Waals surface area contributed by atoms with Crippen molar-refractivity contribution in [1.29, 1.82) is 0 Å². The fraction of sp³-hybridized carbons (Fsp3) is 0.322. The summed E-state index contributed by atoms with van der Waals surface area (Å²) in [6, 6.07) is 39.8. The average Bonchev–Trinajstić information content (AvgIpc) is 3.82. The second-order valence-electron chi connectivity index (χ2n) is 22.4. The number of rotatable bonds is 4. The molecule has 10 rings (SSSR count). The van der Waals surface area contributed by atoms with Crippen LogP contribution < -0.4 is 26.2 Å². The highest BCUT2D eigenvalue weighted by atomic mass is 32.1. The van der Waals surface area contributed by atoms with Crippen molar-refractivity contribution in [3.63, 3.8) is 0 Å². The number of para-hydroxylation sites is 1. The first-order valence-electron chi connectivity index (χ1n) is 23.3. The first-order chi connectivity index (χ1) is 30.1. The fourth-order valence-electron chi connectivity index (χ4n) is 10.6. The summed E-state index contributed by atoms with van der Waals surface area (Å²) in [5.74, 6) is 1.19. The summed E-state index contributed by atoms with van der Waals surface area (Å²) in [5, 5.41) is 3.80. The molecule has 0 spiro atoms. The minimum atomic E-state index is -0.000410. The molecule has 0 atom stereocenters. The molecule has 2 aliphatic heterocycles. The molecule has 0 saturated carbocycles. The van der Waals surface area contributed by atoms with Gasteiger partial charge in [-0.3, -0.25) is 0 Å². The second kappa shape index (κ2) is 14.5. The Morgan fingerprint density at radius 2 is 1.11 bits per heavy atom. The zero-order valence-electron chi connectivity index (χ0n) is 40.7. The van der Waals surface area contributed by atoms with Crippen molar-refractivity contribution in [2.45, 2.75) is 126 Å². The van der Waals surface area contributed by atoms with Crippen molar-refractivity contribution < 1.29 is 4.42 Å². The molecule has 2 aliphatic rings. The third kappa shape index (κ3) is 6.67. The maximum Gasteiger partial charge on any atom is 0.254 e. The van der Waals surface area contributed by atoms with E-state index in [9.17, 15) is 0 Å². The van der Waals surface area contributed by atoms with E-state index in [1.165, 1.54) is 104 Å². The summed E-state index contributed by atoms with van der Waals surface area (Å²) in [7, 11) is 0. The third-order valence-corrected chi connectivity index (χ3v) is 15.3. The molecule has 64 heavy (non-hydrogen) atoms. The van der Waals surface area contributed by atoms with E-state index in [1.807, 2.05) is 11.3 Å². The smallest absolute Gasteiger partial charge is 0.254 e. The molecule has 2 aromatic heterocycles. The quantitative estimate of drug-likeness (QED) is 0.164. The Labute approximate surface area is 386 Å². The normalized spacial score (nSPS) is 13.9. The van der Waals surface area contributed by atoms with Gasteiger partial charge in [0.1, 0.15) is 11.3 Å². The van der Waals surface area contributed by atoms with Gasteiger partial charge < -0.3 is 14.2 Å². The molecule has 6 aromatic carbocycles. The number of aryl methyl sites for hydroxylation is 4. The lowest BCUT2D eigenvalue weighted by atomic mass is 9.33. The van der Waals surface area contributed by atoms with Crippen LogP contribution in [0.1, 0.15) is 127 Å². The van der Waals surface area contributed by atoms with Gasteiger partial charge in [0.25, 0.3) is 6.71 Å². The number of nitrogens with zero attached hydrogens (tertiary/aromatic N) is 2. The Morgan fingerprint density at radius 1 is 0.547 bits per heavy atom. The molecule has 324 valence electrons. The van der Waals surface area contributed by atoms with E-state index in [0.717, 1.165) is 22.3 Å². The predicted octanol–water partition coefficient (Wildman–Crippen LogP) is 15.6. The highest BCUT2D eigenvalue weighted by molar-refractivity contribution is 7.26. The molecular formula is C59H63BN2OS. The Bertz CT molecular complexity index is 3130. The number of hydrogen-bond acceptors (Lipinski definition) is 4. The van der Waals surface area contributed by atoms with E-state index >= 15 is 0 Å². The summed E-state index contributed by atoms with van der Waals surface area (Å²) in [4.78, 5) is 5.32. The predicted molar refractivity (Wildman–Crippen MR) is 280 cm³/mol. The topological polar surface area (TPSA) is 19.6 Å². The van der Waals surface area contributed by atoms with Gasteiger partial charge >= 0.3 is 0 Å². The Hall–Kier alpha value is -5.52. The maximum absolute atomic E-state index is 6.63. The van der Waals surface area contributed by atoms with Crippen molar-refractivity contribution in [3.05, 3.63) is 148 Å². The summed E-state index contributed by atoms with van der Waals surface area (Å²) in [6.45, 7) is 35.0. The zero-order valence-corrected chi connectivity index (χ0v) is 41.5. The minimum Gasteiger partial charge on any atom is -0.456 e. The van der Waals surface area contributed by atoms with E-state index in [-0.39, 0.29) is 23.0 Å². The van der Waals surface area contributed by atoms with Crippen LogP contribution in [-0.2, 0) is 16.2 Å². The van der Waals surface area contributed by atoms with Crippen molar-refractivity contribution >= 4 is 88.9 Å². The minimum absolute atomic E-state index is 0.000410. The molecule has 0 unspecified atom stereocenters. The van der Waals surface area contributed by atoms with Crippen molar-refractivity contribution in [2.75, 3.05) is 9.80 Å². The lowest BCUT2D eigenvalue weighted by Crippen LogP contribution is -2.61. The highest BCUT2D eigenvalue weighted by Crippen LogP contribution is 2.52. The molecule has 3 nitrogen and oxygen atoms in total. The summed E-state index contributed by atoms with van der Waals surface area (Å²) in [6.07, 6.45) is 0. The number of fused-ring (bicyclic) bond motifs is 7. The van der Waals surface area contributed by atoms with Crippen LogP contribution in [0.15, 0.2) is 108 Å². The van der Waals surface area contributed by atoms with Crippen LogP contribution in [-0.4, -0.2) is 6.71 Å². The van der Waals surface area contributed by atoms with Crippen LogP contribution >= 0.6 is 11.3 Å². The third-order valence-electron chi connectivity index (χ3n) is 14.1. The van der Waals surface area contributed by atoms with Crippen LogP contribution in [0.3, 0.4) is 0 Å². The number of furan rings is 1. The molecule has 0 radical (unpaired) electrons. The van der Waals surface area contributed by atoms with Gasteiger partial charge in [0.2, 0.25) is 0 Å². The van der Waals surface area contributed by atoms with Crippen molar-refractivity contribution in [2.24, 2.45) is 0 Å². The molecule has 0 amide bonds. The zero-order chi connectivity index (χ0) is 45.5. The lowest BCUT2D eigenvalue weighted by molar-refractivity contribution is 0.589. The Kier molecular flexibility index (Phi) is 9.61. The van der Waals surface area contributed by atoms with E-state index in [4.69, 9.17) is 4.42 Å². The van der Waals surface area contributed by atoms with Crippen molar-refractivity contribution in [3.8, 4) is 11.3 Å². The van der Waals surface area contributed by atoms with E-state index in [0.29, 0.717) is 5.92 Å². The van der Waals surface area contributed by atoms with Gasteiger partial charge in [-0.15, -0.1) is 11.3 Å². The first kappa shape index (κ1) is 42.4. The van der Waals surface area contributed by atoms with Crippen molar-refractivity contribution in [1.82, 2.24) is 0 Å². The first-order valence-corrected chi connectivity index (χ1v) is 24.1. The Balaban J connectivity index is 1.36. The molecular weight excluding hydrogens is 796 g/mol. The Morgan fingerprint density at radius 3 is 1.67 bits per heavy atom. The van der Waals surface area contributed by atoms with Gasteiger partial charge in [-0.2, -0.15) is 0 Å². The number of thiophene rings is 1. The van der Waals surface area contributed by atoms with Crippen LogP contribution in [0.25, 0.3) is 32.4 Å².